The summed E-state index contributed by atoms with van der Waals surface area (Å²) in [6.45, 7) is 3.13. The number of nitrogens with zero attached hydrogens (tertiary/aromatic N) is 1. The van der Waals surface area contributed by atoms with E-state index in [0.29, 0.717) is 11.4 Å². The maximum atomic E-state index is 12.0. The fraction of sp³-hybridized carbons (Fsp3) is 0.267. The van der Waals surface area contributed by atoms with Gasteiger partial charge in [-0.3, -0.25) is 4.79 Å². The van der Waals surface area contributed by atoms with Crippen LogP contribution < -0.4 is 10.1 Å². The maximum absolute atomic E-state index is 12.0. The minimum absolute atomic E-state index is 0.188. The largest absolute Gasteiger partial charge is 0.482 e. The summed E-state index contributed by atoms with van der Waals surface area (Å²) in [5, 5.41) is 11.3. The van der Waals surface area contributed by atoms with Crippen LogP contribution >= 0.6 is 0 Å². The maximum Gasteiger partial charge on any atom is 0.341 e. The second kappa shape index (κ2) is 6.75. The number of rotatable bonds is 6. The van der Waals surface area contributed by atoms with Gasteiger partial charge < -0.3 is 19.6 Å². The van der Waals surface area contributed by atoms with Crippen LogP contribution in [0.1, 0.15) is 34.8 Å². The van der Waals surface area contributed by atoms with Crippen molar-refractivity contribution in [3.63, 3.8) is 0 Å². The molecule has 116 valence electrons. The molecule has 7 nitrogen and oxygen atoms in total. The molecular formula is C15H16N2O5. The third-order valence-electron chi connectivity index (χ3n) is 3.04. The molecule has 0 saturated carbocycles. The summed E-state index contributed by atoms with van der Waals surface area (Å²) in [5.74, 6) is -0.732. The molecule has 0 aliphatic heterocycles. The summed E-state index contributed by atoms with van der Waals surface area (Å²) < 4.78 is 10.1. The molecule has 1 atom stereocenters. The number of ether oxygens (including phenoxy) is 1. The Morgan fingerprint density at radius 3 is 2.59 bits per heavy atom. The number of aryl methyl sites for hydroxylation is 1. The van der Waals surface area contributed by atoms with Gasteiger partial charge in [0.15, 0.2) is 13.0 Å². The van der Waals surface area contributed by atoms with Gasteiger partial charge in [-0.2, -0.15) is 0 Å². The number of nitrogens with one attached hydrogen (secondary N) is 1. The van der Waals surface area contributed by atoms with Crippen molar-refractivity contribution in [2.75, 3.05) is 6.61 Å². The molecular weight excluding hydrogens is 288 g/mol. The Morgan fingerprint density at radius 2 is 2.05 bits per heavy atom. The number of carboxylic acids is 1. The Hall–Kier alpha value is -2.83. The summed E-state index contributed by atoms with van der Waals surface area (Å²) in [5.41, 5.74) is 1.38. The zero-order valence-electron chi connectivity index (χ0n) is 12.2. The smallest absolute Gasteiger partial charge is 0.341 e. The van der Waals surface area contributed by atoms with Gasteiger partial charge in [0.05, 0.1) is 11.7 Å². The quantitative estimate of drug-likeness (QED) is 0.845. The van der Waals surface area contributed by atoms with Crippen molar-refractivity contribution in [3.8, 4) is 5.75 Å². The molecule has 22 heavy (non-hydrogen) atoms. The number of oxazole rings is 1. The van der Waals surface area contributed by atoms with Crippen molar-refractivity contribution < 1.29 is 23.8 Å². The van der Waals surface area contributed by atoms with E-state index in [0.717, 1.165) is 5.56 Å². The van der Waals surface area contributed by atoms with Crippen LogP contribution in [-0.2, 0) is 4.79 Å². The van der Waals surface area contributed by atoms with Crippen LogP contribution in [0.3, 0.4) is 0 Å². The van der Waals surface area contributed by atoms with Gasteiger partial charge in [-0.05, 0) is 31.5 Å². The third-order valence-corrected chi connectivity index (χ3v) is 3.04. The number of hydrogen-bond donors (Lipinski definition) is 2. The van der Waals surface area contributed by atoms with Crippen LogP contribution in [0.15, 0.2) is 35.1 Å². The molecule has 1 aromatic carbocycles. The molecule has 2 N–H and O–H groups in total. The van der Waals surface area contributed by atoms with E-state index in [1.54, 1.807) is 31.2 Å². The molecule has 0 radical (unpaired) electrons. The topological polar surface area (TPSA) is 102 Å². The number of carboxylic acid groups (broad SMARTS) is 1. The Morgan fingerprint density at radius 1 is 1.36 bits per heavy atom. The van der Waals surface area contributed by atoms with Crippen molar-refractivity contribution in [2.24, 2.45) is 0 Å². The molecule has 2 aromatic rings. The standard InChI is InChI=1S/C15H16N2O5/c1-9(17-15(20)14-10(2)16-8-22-14)11-3-5-12(6-4-11)21-7-13(18)19/h3-6,8-9H,7H2,1-2H3,(H,17,20)(H,18,19). The minimum atomic E-state index is -1.04. The van der Waals surface area contributed by atoms with E-state index >= 15 is 0 Å². The monoisotopic (exact) mass is 304 g/mol. The highest BCUT2D eigenvalue weighted by Gasteiger charge is 2.17. The molecule has 1 heterocycles. The molecule has 0 fully saturated rings. The van der Waals surface area contributed by atoms with Gasteiger partial charge in [-0.25, -0.2) is 9.78 Å². The summed E-state index contributed by atoms with van der Waals surface area (Å²) >= 11 is 0. The van der Waals surface area contributed by atoms with Crippen molar-refractivity contribution in [2.45, 2.75) is 19.9 Å². The fourth-order valence-electron chi connectivity index (χ4n) is 1.86. The Labute approximate surface area is 126 Å². The lowest BCUT2D eigenvalue weighted by molar-refractivity contribution is -0.139. The van der Waals surface area contributed by atoms with Crippen LogP contribution in [0.2, 0.25) is 0 Å². The van der Waals surface area contributed by atoms with Crippen LogP contribution in [0.25, 0.3) is 0 Å². The highest BCUT2D eigenvalue weighted by Crippen LogP contribution is 2.18. The van der Waals surface area contributed by atoms with Gasteiger partial charge in [-0.1, -0.05) is 12.1 Å². The lowest BCUT2D eigenvalue weighted by Crippen LogP contribution is -2.26. The second-order valence-corrected chi connectivity index (χ2v) is 4.71. The summed E-state index contributed by atoms with van der Waals surface area (Å²) in [4.78, 5) is 26.3. The van der Waals surface area contributed by atoms with Gasteiger partial charge in [0.1, 0.15) is 5.75 Å². The van der Waals surface area contributed by atoms with Crippen LogP contribution in [0.4, 0.5) is 0 Å². The van der Waals surface area contributed by atoms with Crippen molar-refractivity contribution in [1.82, 2.24) is 10.3 Å². The number of amides is 1. The number of benzene rings is 1. The Balaban J connectivity index is 1.98. The van der Waals surface area contributed by atoms with E-state index in [9.17, 15) is 9.59 Å². The Kier molecular flexibility index (Phi) is 4.77. The Bertz CT molecular complexity index is 663. The molecule has 0 aliphatic rings. The van der Waals surface area contributed by atoms with Gasteiger partial charge in [0.25, 0.3) is 5.91 Å². The van der Waals surface area contributed by atoms with E-state index in [4.69, 9.17) is 14.3 Å². The molecule has 0 saturated heterocycles. The first kappa shape index (κ1) is 15.6. The molecule has 1 unspecified atom stereocenters. The summed E-state index contributed by atoms with van der Waals surface area (Å²) in [6, 6.07) is 6.58. The number of hydrogen-bond acceptors (Lipinski definition) is 5. The van der Waals surface area contributed by atoms with Crippen LogP contribution in [0, 0.1) is 6.92 Å². The van der Waals surface area contributed by atoms with E-state index in [1.165, 1.54) is 6.39 Å². The molecule has 0 bridgehead atoms. The average molecular weight is 304 g/mol. The predicted octanol–water partition coefficient (Wildman–Crippen LogP) is 1.94. The van der Waals surface area contributed by atoms with E-state index in [1.807, 2.05) is 6.92 Å². The van der Waals surface area contributed by atoms with Gasteiger partial charge in [0.2, 0.25) is 5.76 Å². The van der Waals surface area contributed by atoms with E-state index in [2.05, 4.69) is 10.3 Å². The van der Waals surface area contributed by atoms with Gasteiger partial charge in [-0.15, -0.1) is 0 Å². The minimum Gasteiger partial charge on any atom is -0.482 e. The SMILES string of the molecule is Cc1ncoc1C(=O)NC(C)c1ccc(OCC(=O)O)cc1. The normalized spacial score (nSPS) is 11.7. The number of aromatic nitrogens is 1. The molecule has 1 aromatic heterocycles. The van der Waals surface area contributed by atoms with Crippen LogP contribution in [0.5, 0.6) is 5.75 Å². The number of aliphatic carboxylic acids is 1. The highest BCUT2D eigenvalue weighted by molar-refractivity contribution is 5.92. The number of carbonyl (C=O) groups is 2. The first-order valence-electron chi connectivity index (χ1n) is 6.63. The third kappa shape index (κ3) is 3.85. The molecule has 7 heteroatoms. The van der Waals surface area contributed by atoms with Gasteiger partial charge >= 0.3 is 5.97 Å². The summed E-state index contributed by atoms with van der Waals surface area (Å²) in [7, 11) is 0. The fourth-order valence-corrected chi connectivity index (χ4v) is 1.86. The first-order valence-corrected chi connectivity index (χ1v) is 6.63. The zero-order chi connectivity index (χ0) is 16.1. The molecule has 0 spiro atoms. The van der Waals surface area contributed by atoms with Crippen LogP contribution in [-0.4, -0.2) is 28.6 Å². The predicted molar refractivity (Wildman–Crippen MR) is 76.7 cm³/mol. The zero-order valence-corrected chi connectivity index (χ0v) is 12.2. The van der Waals surface area contributed by atoms with Crippen molar-refractivity contribution in [1.29, 1.82) is 0 Å². The van der Waals surface area contributed by atoms with E-state index in [-0.39, 0.29) is 17.7 Å². The van der Waals surface area contributed by atoms with Crippen molar-refractivity contribution in [3.05, 3.63) is 47.7 Å². The van der Waals surface area contributed by atoms with Crippen molar-refractivity contribution >= 4 is 11.9 Å². The highest BCUT2D eigenvalue weighted by atomic mass is 16.5. The van der Waals surface area contributed by atoms with Gasteiger partial charge in [0, 0.05) is 0 Å². The molecule has 0 aliphatic carbocycles. The molecule has 1 amide bonds. The number of carbonyl (C=O) groups excluding carboxylic acids is 1. The summed E-state index contributed by atoms with van der Waals surface area (Å²) in [6.07, 6.45) is 1.23. The lowest BCUT2D eigenvalue weighted by atomic mass is 10.1. The lowest BCUT2D eigenvalue weighted by Gasteiger charge is -2.14. The average Bonchev–Trinajstić information content (AvgIpc) is 2.91. The van der Waals surface area contributed by atoms with E-state index < -0.39 is 12.6 Å². The molecule has 2 rings (SSSR count). The second-order valence-electron chi connectivity index (χ2n) is 4.71. The first-order chi connectivity index (χ1) is 10.5.